The fourth-order valence-electron chi connectivity index (χ4n) is 5.34. The second-order valence-electron chi connectivity index (χ2n) is 9.90. The normalized spacial score (nSPS) is 22.6. The molecular formula is C27H35N5OS. The van der Waals surface area contributed by atoms with E-state index in [9.17, 15) is 4.79 Å². The Hall–Kier alpha value is -2.35. The van der Waals surface area contributed by atoms with Crippen LogP contribution in [0.3, 0.4) is 0 Å². The summed E-state index contributed by atoms with van der Waals surface area (Å²) >= 11 is 1.79. The van der Waals surface area contributed by atoms with E-state index < -0.39 is 0 Å². The Morgan fingerprint density at radius 2 is 1.85 bits per heavy atom. The van der Waals surface area contributed by atoms with Crippen molar-refractivity contribution in [2.75, 3.05) is 19.6 Å². The molecule has 0 radical (unpaired) electrons. The first-order valence-electron chi connectivity index (χ1n) is 12.5. The predicted octanol–water partition coefficient (Wildman–Crippen LogP) is 4.29. The summed E-state index contributed by atoms with van der Waals surface area (Å²) in [5.41, 5.74) is 3.44. The van der Waals surface area contributed by atoms with Gasteiger partial charge < -0.3 is 10.3 Å². The van der Waals surface area contributed by atoms with Gasteiger partial charge in [0.15, 0.2) is 5.16 Å². The molecule has 0 spiro atoms. The molecule has 1 aromatic heterocycles. The molecule has 2 aliphatic rings. The number of fused-ring (bicyclic) bond motifs is 1. The Bertz CT molecular complexity index is 1060. The largest absolute Gasteiger partial charge is 0.353 e. The highest BCUT2D eigenvalue weighted by atomic mass is 32.2. The summed E-state index contributed by atoms with van der Waals surface area (Å²) in [4.78, 5) is 26.4. The number of carbonyl (C=O) groups is 1. The molecule has 2 fully saturated rings. The summed E-state index contributed by atoms with van der Waals surface area (Å²) in [6.07, 6.45) is 3.09. The van der Waals surface area contributed by atoms with Crippen molar-refractivity contribution >= 4 is 28.7 Å². The van der Waals surface area contributed by atoms with Gasteiger partial charge in [-0.25, -0.2) is 4.98 Å². The number of aromatic amines is 1. The van der Waals surface area contributed by atoms with E-state index in [1.807, 2.05) is 32.0 Å². The molecule has 2 atom stereocenters. The number of nitrogens with zero attached hydrogens (tertiary/aromatic N) is 3. The molecule has 0 saturated carbocycles. The third kappa shape index (κ3) is 5.48. The minimum atomic E-state index is -0.0602. The highest BCUT2D eigenvalue weighted by molar-refractivity contribution is 7.99. The SMILES string of the molecule is CC(C)NC(=O)[C@@H]1C[C@H](Sc2nc3ccccc3[nH]2)CN1C1CCN(Cc2ccccc2)CC1. The fourth-order valence-corrected chi connectivity index (χ4v) is 6.50. The molecule has 2 aliphatic heterocycles. The Labute approximate surface area is 206 Å². The Balaban J connectivity index is 1.24. The first kappa shape index (κ1) is 23.4. The van der Waals surface area contributed by atoms with Gasteiger partial charge in [0.1, 0.15) is 0 Å². The van der Waals surface area contributed by atoms with Gasteiger partial charge in [-0.1, -0.05) is 54.2 Å². The van der Waals surface area contributed by atoms with Crippen LogP contribution in [0, 0.1) is 0 Å². The van der Waals surface area contributed by atoms with Crippen molar-refractivity contribution in [3.05, 3.63) is 60.2 Å². The van der Waals surface area contributed by atoms with E-state index in [0.717, 1.165) is 61.6 Å². The Kier molecular flexibility index (Phi) is 7.23. The minimum absolute atomic E-state index is 0.0602. The molecule has 2 N–H and O–H groups in total. The van der Waals surface area contributed by atoms with Gasteiger partial charge in [0.25, 0.3) is 0 Å². The van der Waals surface area contributed by atoms with Crippen LogP contribution in [0.2, 0.25) is 0 Å². The Morgan fingerprint density at radius 3 is 2.59 bits per heavy atom. The third-order valence-electron chi connectivity index (χ3n) is 6.96. The molecule has 2 saturated heterocycles. The number of carbonyl (C=O) groups excluding carboxylic acids is 1. The van der Waals surface area contributed by atoms with E-state index in [1.165, 1.54) is 5.56 Å². The van der Waals surface area contributed by atoms with Crippen molar-refractivity contribution in [3.8, 4) is 0 Å². The zero-order valence-corrected chi connectivity index (χ0v) is 20.9. The number of hydrogen-bond donors (Lipinski definition) is 2. The number of benzene rings is 2. The minimum Gasteiger partial charge on any atom is -0.353 e. The molecule has 34 heavy (non-hydrogen) atoms. The summed E-state index contributed by atoms with van der Waals surface area (Å²) in [5.74, 6) is 0.175. The van der Waals surface area contributed by atoms with Crippen LogP contribution >= 0.6 is 11.8 Å². The van der Waals surface area contributed by atoms with Crippen LogP contribution in [0.15, 0.2) is 59.8 Å². The molecule has 5 rings (SSSR count). The summed E-state index contributed by atoms with van der Waals surface area (Å²) in [7, 11) is 0. The molecule has 3 heterocycles. The van der Waals surface area contributed by atoms with E-state index in [2.05, 4.69) is 56.5 Å². The van der Waals surface area contributed by atoms with Crippen LogP contribution in [-0.2, 0) is 11.3 Å². The first-order valence-corrected chi connectivity index (χ1v) is 13.4. The number of H-pyrrole nitrogens is 1. The molecule has 0 unspecified atom stereocenters. The fraction of sp³-hybridized carbons (Fsp3) is 0.481. The molecule has 6 nitrogen and oxygen atoms in total. The van der Waals surface area contributed by atoms with Gasteiger partial charge in [0, 0.05) is 30.4 Å². The molecule has 1 amide bonds. The monoisotopic (exact) mass is 477 g/mol. The second kappa shape index (κ2) is 10.5. The number of rotatable bonds is 7. The number of piperidine rings is 1. The van der Waals surface area contributed by atoms with E-state index >= 15 is 0 Å². The average Bonchev–Trinajstić information content (AvgIpc) is 3.44. The highest BCUT2D eigenvalue weighted by Gasteiger charge is 2.42. The van der Waals surface area contributed by atoms with Gasteiger partial charge in [0.2, 0.25) is 5.91 Å². The summed E-state index contributed by atoms with van der Waals surface area (Å²) < 4.78 is 0. The lowest BCUT2D eigenvalue weighted by Crippen LogP contribution is -2.52. The van der Waals surface area contributed by atoms with Crippen LogP contribution in [0.1, 0.15) is 38.7 Å². The van der Waals surface area contributed by atoms with Crippen LogP contribution in [0.4, 0.5) is 0 Å². The number of aromatic nitrogens is 2. The number of nitrogens with one attached hydrogen (secondary N) is 2. The van der Waals surface area contributed by atoms with Gasteiger partial charge in [-0.15, -0.1) is 0 Å². The van der Waals surface area contributed by atoms with Gasteiger partial charge >= 0.3 is 0 Å². The average molecular weight is 478 g/mol. The maximum absolute atomic E-state index is 13.2. The number of para-hydroxylation sites is 2. The molecule has 7 heteroatoms. The number of hydrogen-bond acceptors (Lipinski definition) is 5. The van der Waals surface area contributed by atoms with E-state index in [4.69, 9.17) is 4.98 Å². The molecule has 3 aromatic rings. The van der Waals surface area contributed by atoms with E-state index in [1.54, 1.807) is 11.8 Å². The Morgan fingerprint density at radius 1 is 1.12 bits per heavy atom. The van der Waals surface area contributed by atoms with Crippen molar-refractivity contribution in [2.24, 2.45) is 0 Å². The quantitative estimate of drug-likeness (QED) is 0.532. The number of imidazole rings is 1. The second-order valence-corrected chi connectivity index (χ2v) is 11.2. The van der Waals surface area contributed by atoms with Crippen molar-refractivity contribution in [3.63, 3.8) is 0 Å². The molecule has 0 aliphatic carbocycles. The summed E-state index contributed by atoms with van der Waals surface area (Å²) in [6.45, 7) is 8.18. The zero-order chi connectivity index (χ0) is 23.5. The zero-order valence-electron chi connectivity index (χ0n) is 20.1. The van der Waals surface area contributed by atoms with E-state index in [0.29, 0.717) is 11.3 Å². The first-order chi connectivity index (χ1) is 16.5. The predicted molar refractivity (Wildman–Crippen MR) is 139 cm³/mol. The van der Waals surface area contributed by atoms with Gasteiger partial charge in [-0.05, 0) is 63.9 Å². The molecule has 2 aromatic carbocycles. The van der Waals surface area contributed by atoms with Crippen LogP contribution in [-0.4, -0.2) is 68.7 Å². The van der Waals surface area contributed by atoms with Crippen LogP contribution < -0.4 is 5.32 Å². The maximum Gasteiger partial charge on any atom is 0.237 e. The lowest BCUT2D eigenvalue weighted by atomic mass is 10.0. The molecule has 180 valence electrons. The van der Waals surface area contributed by atoms with Crippen LogP contribution in [0.25, 0.3) is 11.0 Å². The number of amides is 1. The van der Waals surface area contributed by atoms with Crippen molar-refractivity contribution in [1.29, 1.82) is 0 Å². The number of thioether (sulfide) groups is 1. The van der Waals surface area contributed by atoms with Crippen molar-refractivity contribution in [1.82, 2.24) is 25.1 Å². The smallest absolute Gasteiger partial charge is 0.237 e. The van der Waals surface area contributed by atoms with Gasteiger partial charge in [0.05, 0.1) is 17.1 Å². The van der Waals surface area contributed by atoms with Crippen LogP contribution in [0.5, 0.6) is 0 Å². The van der Waals surface area contributed by atoms with Gasteiger partial charge in [-0.2, -0.15) is 0 Å². The molecular weight excluding hydrogens is 442 g/mol. The van der Waals surface area contributed by atoms with E-state index in [-0.39, 0.29) is 18.0 Å². The standard InChI is InChI=1S/C27H35N5OS/c1-19(2)28-26(33)25-16-22(34-27-29-23-10-6-7-11-24(23)30-27)18-32(25)21-12-14-31(15-13-21)17-20-8-4-3-5-9-20/h3-11,19,21-22,25H,12-18H2,1-2H3,(H,28,33)(H,29,30)/t22-,25-/m0/s1. The van der Waals surface area contributed by atoms with Crippen molar-refractivity contribution < 1.29 is 4.79 Å². The third-order valence-corrected chi connectivity index (χ3v) is 8.05. The maximum atomic E-state index is 13.2. The topological polar surface area (TPSA) is 64.3 Å². The number of likely N-dealkylation sites (tertiary alicyclic amines) is 2. The van der Waals surface area contributed by atoms with Crippen molar-refractivity contribution in [2.45, 2.75) is 68.2 Å². The lowest BCUT2D eigenvalue weighted by Gasteiger charge is -2.39. The highest BCUT2D eigenvalue weighted by Crippen LogP contribution is 2.35. The summed E-state index contributed by atoms with van der Waals surface area (Å²) in [6, 6.07) is 19.4. The molecule has 0 bridgehead atoms. The lowest BCUT2D eigenvalue weighted by molar-refractivity contribution is -0.127. The van der Waals surface area contributed by atoms with Gasteiger partial charge in [-0.3, -0.25) is 14.6 Å². The summed E-state index contributed by atoms with van der Waals surface area (Å²) in [5, 5.41) is 4.48.